The molecule has 0 aliphatic rings. The summed E-state index contributed by atoms with van der Waals surface area (Å²) in [6.45, 7) is 7.16. The molecule has 2 N–H and O–H groups in total. The predicted octanol–water partition coefficient (Wildman–Crippen LogP) is 1.03. The summed E-state index contributed by atoms with van der Waals surface area (Å²) in [6.07, 6.45) is 1.17. The van der Waals surface area contributed by atoms with Gasteiger partial charge in [0.2, 0.25) is 0 Å². The second-order valence-corrected chi connectivity index (χ2v) is 3.93. The maximum Gasteiger partial charge on any atom is 0.136 e. The number of rotatable bonds is 5. The number of anilines is 2. The Morgan fingerprint density at radius 3 is 2.75 bits per heavy atom. The molecule has 0 saturated heterocycles. The van der Waals surface area contributed by atoms with Crippen molar-refractivity contribution in [3.63, 3.8) is 0 Å². The number of nitrogens with zero attached hydrogens (tertiary/aromatic N) is 3. The van der Waals surface area contributed by atoms with E-state index in [0.717, 1.165) is 23.7 Å². The van der Waals surface area contributed by atoms with Gasteiger partial charge in [-0.2, -0.15) is 0 Å². The van der Waals surface area contributed by atoms with Gasteiger partial charge in [0.15, 0.2) is 0 Å². The summed E-state index contributed by atoms with van der Waals surface area (Å²) >= 11 is 0. The minimum absolute atomic E-state index is 0.373. The molecule has 90 valence electrons. The first-order valence-corrected chi connectivity index (χ1v) is 5.51. The molecule has 5 heteroatoms. The Bertz CT molecular complexity index is 341. The van der Waals surface area contributed by atoms with Crippen molar-refractivity contribution in [2.45, 2.75) is 26.9 Å². The summed E-state index contributed by atoms with van der Waals surface area (Å²) in [4.78, 5) is 10.3. The highest BCUT2D eigenvalue weighted by molar-refractivity contribution is 5.57. The largest absolute Gasteiger partial charge is 0.392 e. The SMILES string of the molecule is CCNc1ncnc(N(C)CC(C)O)c1C. The van der Waals surface area contributed by atoms with Crippen molar-refractivity contribution in [3.05, 3.63) is 11.9 Å². The molecule has 0 aromatic carbocycles. The van der Waals surface area contributed by atoms with Crippen LogP contribution in [0.5, 0.6) is 0 Å². The van der Waals surface area contributed by atoms with Gasteiger partial charge in [0, 0.05) is 25.7 Å². The lowest BCUT2D eigenvalue weighted by molar-refractivity contribution is 0.201. The lowest BCUT2D eigenvalue weighted by atomic mass is 10.2. The molecule has 1 atom stereocenters. The van der Waals surface area contributed by atoms with E-state index >= 15 is 0 Å². The van der Waals surface area contributed by atoms with Crippen LogP contribution < -0.4 is 10.2 Å². The first-order valence-electron chi connectivity index (χ1n) is 5.51. The monoisotopic (exact) mass is 224 g/mol. The average Bonchev–Trinajstić information content (AvgIpc) is 2.20. The number of aromatic nitrogens is 2. The van der Waals surface area contributed by atoms with Gasteiger partial charge >= 0.3 is 0 Å². The third kappa shape index (κ3) is 3.06. The van der Waals surface area contributed by atoms with Crippen LogP contribution in [-0.2, 0) is 0 Å². The smallest absolute Gasteiger partial charge is 0.136 e. The zero-order valence-electron chi connectivity index (χ0n) is 10.4. The number of hydrogen-bond acceptors (Lipinski definition) is 5. The number of nitrogens with one attached hydrogen (secondary N) is 1. The van der Waals surface area contributed by atoms with Crippen LogP contribution in [0.25, 0.3) is 0 Å². The maximum atomic E-state index is 9.35. The molecule has 16 heavy (non-hydrogen) atoms. The lowest BCUT2D eigenvalue weighted by Gasteiger charge is -2.22. The van der Waals surface area contributed by atoms with Crippen molar-refractivity contribution in [3.8, 4) is 0 Å². The Morgan fingerprint density at radius 2 is 2.19 bits per heavy atom. The van der Waals surface area contributed by atoms with E-state index in [9.17, 15) is 5.11 Å². The minimum Gasteiger partial charge on any atom is -0.392 e. The zero-order valence-corrected chi connectivity index (χ0v) is 10.4. The van der Waals surface area contributed by atoms with Crippen molar-refractivity contribution in [1.82, 2.24) is 9.97 Å². The van der Waals surface area contributed by atoms with Gasteiger partial charge in [-0.1, -0.05) is 0 Å². The summed E-state index contributed by atoms with van der Waals surface area (Å²) in [5, 5.41) is 12.5. The van der Waals surface area contributed by atoms with Crippen LogP contribution >= 0.6 is 0 Å². The first-order chi connectivity index (χ1) is 7.56. The van der Waals surface area contributed by atoms with Crippen LogP contribution in [0.4, 0.5) is 11.6 Å². The quantitative estimate of drug-likeness (QED) is 0.782. The Labute approximate surface area is 96.5 Å². The van der Waals surface area contributed by atoms with E-state index in [1.807, 2.05) is 25.8 Å². The number of aliphatic hydroxyl groups is 1. The van der Waals surface area contributed by atoms with Gasteiger partial charge in [0.05, 0.1) is 6.10 Å². The fourth-order valence-corrected chi connectivity index (χ4v) is 1.65. The maximum absolute atomic E-state index is 9.35. The standard InChI is InChI=1S/C11H20N4O/c1-5-12-10-9(3)11(14-7-13-10)15(4)6-8(2)16/h7-8,16H,5-6H2,1-4H3,(H,12,13,14). The Morgan fingerprint density at radius 1 is 1.50 bits per heavy atom. The van der Waals surface area contributed by atoms with Gasteiger partial charge < -0.3 is 15.3 Å². The van der Waals surface area contributed by atoms with Crippen molar-refractivity contribution < 1.29 is 5.11 Å². The van der Waals surface area contributed by atoms with E-state index in [-0.39, 0.29) is 6.10 Å². The normalized spacial score (nSPS) is 12.3. The molecule has 0 bridgehead atoms. The van der Waals surface area contributed by atoms with Crippen molar-refractivity contribution >= 4 is 11.6 Å². The zero-order chi connectivity index (χ0) is 12.1. The van der Waals surface area contributed by atoms with Gasteiger partial charge in [-0.25, -0.2) is 9.97 Å². The fraction of sp³-hybridized carbons (Fsp3) is 0.636. The molecule has 1 heterocycles. The molecule has 0 amide bonds. The molecule has 0 aliphatic heterocycles. The molecular weight excluding hydrogens is 204 g/mol. The first kappa shape index (κ1) is 12.7. The molecule has 1 rings (SSSR count). The van der Waals surface area contributed by atoms with Crippen LogP contribution in [0.1, 0.15) is 19.4 Å². The van der Waals surface area contributed by atoms with Gasteiger partial charge in [-0.3, -0.25) is 0 Å². The van der Waals surface area contributed by atoms with Crippen LogP contribution in [0.15, 0.2) is 6.33 Å². The van der Waals surface area contributed by atoms with Crippen molar-refractivity contribution in [2.24, 2.45) is 0 Å². The van der Waals surface area contributed by atoms with Gasteiger partial charge in [0.25, 0.3) is 0 Å². The van der Waals surface area contributed by atoms with E-state index in [0.29, 0.717) is 6.54 Å². The van der Waals surface area contributed by atoms with Gasteiger partial charge in [0.1, 0.15) is 18.0 Å². The second-order valence-electron chi connectivity index (χ2n) is 3.93. The third-order valence-electron chi connectivity index (χ3n) is 2.30. The summed E-state index contributed by atoms with van der Waals surface area (Å²) in [5.41, 5.74) is 1.01. The van der Waals surface area contributed by atoms with Crippen LogP contribution in [0, 0.1) is 6.92 Å². The molecule has 1 unspecified atom stereocenters. The van der Waals surface area contributed by atoms with E-state index in [1.54, 1.807) is 13.3 Å². The summed E-state index contributed by atoms with van der Waals surface area (Å²) < 4.78 is 0. The predicted molar refractivity (Wildman–Crippen MR) is 65.9 cm³/mol. The Balaban J connectivity index is 2.91. The van der Waals surface area contributed by atoms with Crippen LogP contribution in [-0.4, -0.2) is 41.3 Å². The molecule has 1 aromatic rings. The summed E-state index contributed by atoms with van der Waals surface area (Å²) in [6, 6.07) is 0. The topological polar surface area (TPSA) is 61.3 Å². The third-order valence-corrected chi connectivity index (χ3v) is 2.30. The van der Waals surface area contributed by atoms with Crippen LogP contribution in [0.3, 0.4) is 0 Å². The Kier molecular flexibility index (Phi) is 4.49. The van der Waals surface area contributed by atoms with Crippen molar-refractivity contribution in [2.75, 3.05) is 30.4 Å². The number of likely N-dealkylation sites (N-methyl/N-ethyl adjacent to an activating group) is 1. The molecule has 0 aliphatic carbocycles. The molecule has 0 fully saturated rings. The number of hydrogen-bond donors (Lipinski definition) is 2. The minimum atomic E-state index is -0.373. The lowest BCUT2D eigenvalue weighted by Crippen LogP contribution is -2.28. The molecule has 0 saturated carbocycles. The van der Waals surface area contributed by atoms with Crippen LogP contribution in [0.2, 0.25) is 0 Å². The highest BCUT2D eigenvalue weighted by Crippen LogP contribution is 2.20. The highest BCUT2D eigenvalue weighted by atomic mass is 16.3. The molecule has 5 nitrogen and oxygen atoms in total. The van der Waals surface area contributed by atoms with Gasteiger partial charge in [-0.05, 0) is 20.8 Å². The highest BCUT2D eigenvalue weighted by Gasteiger charge is 2.11. The molecule has 1 aromatic heterocycles. The summed E-state index contributed by atoms with van der Waals surface area (Å²) in [7, 11) is 1.91. The molecular formula is C11H20N4O. The summed E-state index contributed by atoms with van der Waals surface area (Å²) in [5.74, 6) is 1.71. The van der Waals surface area contributed by atoms with E-state index in [2.05, 4.69) is 15.3 Å². The van der Waals surface area contributed by atoms with E-state index in [1.165, 1.54) is 0 Å². The van der Waals surface area contributed by atoms with E-state index < -0.39 is 0 Å². The van der Waals surface area contributed by atoms with Crippen molar-refractivity contribution in [1.29, 1.82) is 0 Å². The van der Waals surface area contributed by atoms with Gasteiger partial charge in [-0.15, -0.1) is 0 Å². The average molecular weight is 224 g/mol. The molecule has 0 spiro atoms. The Hall–Kier alpha value is -1.36. The fourth-order valence-electron chi connectivity index (χ4n) is 1.65. The van der Waals surface area contributed by atoms with E-state index in [4.69, 9.17) is 0 Å². The molecule has 0 radical (unpaired) electrons. The second kappa shape index (κ2) is 5.65. The number of aliphatic hydroxyl groups excluding tert-OH is 1.